The number of benzene rings is 1. The largest absolute Gasteiger partial charge is 0.392 e. The topological polar surface area (TPSA) is 75.4 Å². The Kier molecular flexibility index (Phi) is 6.11. The molecule has 1 aromatic heterocycles. The van der Waals surface area contributed by atoms with E-state index in [-0.39, 0.29) is 11.9 Å². The van der Waals surface area contributed by atoms with Crippen LogP contribution in [-0.4, -0.2) is 118 Å². The van der Waals surface area contributed by atoms with Crippen molar-refractivity contribution < 1.29 is 14.2 Å². The number of thiazole rings is 1. The molecule has 0 N–H and O–H groups in total. The Bertz CT molecular complexity index is 1120. The molecule has 3 amide bonds. The third-order valence-corrected chi connectivity index (χ3v) is 8.60. The molecule has 4 heterocycles. The van der Waals surface area contributed by atoms with Crippen LogP contribution in [-0.2, 0) is 4.79 Å². The van der Waals surface area contributed by atoms with Crippen molar-refractivity contribution >= 4 is 57.0 Å². The lowest BCUT2D eigenvalue weighted by Gasteiger charge is -2.33. The molecule has 9 nitrogen and oxygen atoms in total. The minimum Gasteiger partial charge on any atom is -0.297 e. The molecule has 1 aromatic carbocycles. The summed E-state index contributed by atoms with van der Waals surface area (Å²) in [6.07, 6.45) is 0. The molecule has 0 saturated carbocycles. The summed E-state index contributed by atoms with van der Waals surface area (Å²) >= 11 is 3.39. The first-order chi connectivity index (χ1) is 16.0. The predicted octanol–water partition coefficient (Wildman–Crippen LogP) is 1.70. The maximum absolute atomic E-state index is 13.1. The van der Waals surface area contributed by atoms with Crippen molar-refractivity contribution in [2.45, 2.75) is 17.3 Å². The van der Waals surface area contributed by atoms with Gasteiger partial charge in [0.25, 0.3) is 5.91 Å². The molecular formula is C22H28N7O2S2+. The third-order valence-electron chi connectivity index (χ3n) is 6.44. The Hall–Kier alpha value is -2.50. The van der Waals surface area contributed by atoms with Gasteiger partial charge >= 0.3 is 12.0 Å². The highest BCUT2D eigenvalue weighted by Gasteiger charge is 2.55. The summed E-state index contributed by atoms with van der Waals surface area (Å²) in [4.78, 5) is 42.4. The number of para-hydroxylation sites is 1. The Labute approximate surface area is 201 Å². The molecule has 0 radical (unpaired) electrons. The minimum atomic E-state index is -0.562. The van der Waals surface area contributed by atoms with E-state index in [0.29, 0.717) is 12.4 Å². The van der Waals surface area contributed by atoms with Gasteiger partial charge in [0.15, 0.2) is 4.34 Å². The number of thioether (sulfide) groups is 1. The van der Waals surface area contributed by atoms with Crippen molar-refractivity contribution in [1.29, 1.82) is 0 Å². The summed E-state index contributed by atoms with van der Waals surface area (Å²) in [5.41, 5.74) is 1.02. The van der Waals surface area contributed by atoms with Gasteiger partial charge in [-0.1, -0.05) is 35.8 Å². The zero-order valence-corrected chi connectivity index (χ0v) is 20.7. The second-order valence-electron chi connectivity index (χ2n) is 8.32. The van der Waals surface area contributed by atoms with E-state index in [0.717, 1.165) is 54.3 Å². The average molecular weight is 487 g/mol. The first kappa shape index (κ1) is 22.3. The van der Waals surface area contributed by atoms with Gasteiger partial charge in [-0.3, -0.25) is 24.1 Å². The fraction of sp³-hybridized carbons (Fsp3) is 0.500. The lowest BCUT2D eigenvalue weighted by Crippen LogP contribution is -2.63. The van der Waals surface area contributed by atoms with Crippen LogP contribution in [0, 0.1) is 0 Å². The van der Waals surface area contributed by atoms with Gasteiger partial charge in [0.2, 0.25) is 11.9 Å². The normalized spacial score (nSPS) is 22.0. The number of piperazine rings is 1. The summed E-state index contributed by atoms with van der Waals surface area (Å²) in [5, 5.41) is 0. The van der Waals surface area contributed by atoms with Crippen molar-refractivity contribution in [2.75, 3.05) is 59.1 Å². The van der Waals surface area contributed by atoms with Gasteiger partial charge in [0.1, 0.15) is 0 Å². The molecule has 2 aromatic rings. The number of imide groups is 1. The smallest absolute Gasteiger partial charge is 0.297 e. The Morgan fingerprint density at radius 3 is 2.64 bits per heavy atom. The number of aliphatic imine (C=N–C) groups is 1. The maximum atomic E-state index is 13.1. The van der Waals surface area contributed by atoms with E-state index in [4.69, 9.17) is 9.98 Å². The van der Waals surface area contributed by atoms with Crippen LogP contribution >= 0.6 is 23.1 Å². The fourth-order valence-electron chi connectivity index (χ4n) is 4.48. The maximum Gasteiger partial charge on any atom is 0.392 e. The van der Waals surface area contributed by atoms with E-state index in [2.05, 4.69) is 27.4 Å². The van der Waals surface area contributed by atoms with Gasteiger partial charge in [-0.2, -0.15) is 0 Å². The number of aromatic nitrogens is 1. The van der Waals surface area contributed by atoms with Crippen molar-refractivity contribution in [3.8, 4) is 0 Å². The quantitative estimate of drug-likeness (QED) is 0.473. The molecular weight excluding hydrogens is 458 g/mol. The highest BCUT2D eigenvalue weighted by Crippen LogP contribution is 2.30. The van der Waals surface area contributed by atoms with Gasteiger partial charge in [0, 0.05) is 32.9 Å². The van der Waals surface area contributed by atoms with Crippen LogP contribution in [0.5, 0.6) is 0 Å². The highest BCUT2D eigenvalue weighted by atomic mass is 32.2. The van der Waals surface area contributed by atoms with Crippen LogP contribution in [0.4, 0.5) is 4.79 Å². The van der Waals surface area contributed by atoms with Crippen LogP contribution in [0.1, 0.15) is 6.92 Å². The van der Waals surface area contributed by atoms with Crippen molar-refractivity contribution in [3.05, 3.63) is 24.3 Å². The molecule has 0 spiro atoms. The average Bonchev–Trinajstić information content (AvgIpc) is 3.43. The summed E-state index contributed by atoms with van der Waals surface area (Å²) in [6, 6.07) is 7.25. The van der Waals surface area contributed by atoms with Crippen LogP contribution in [0.25, 0.3) is 10.2 Å². The number of nitrogens with zero attached hydrogens (tertiary/aromatic N) is 7. The van der Waals surface area contributed by atoms with Crippen molar-refractivity contribution in [2.24, 2.45) is 4.99 Å². The first-order valence-electron chi connectivity index (χ1n) is 11.2. The number of fused-ring (bicyclic) bond motifs is 2. The van der Waals surface area contributed by atoms with Crippen molar-refractivity contribution in [3.63, 3.8) is 0 Å². The van der Waals surface area contributed by atoms with Gasteiger partial charge in [-0.25, -0.2) is 14.7 Å². The number of guanidine groups is 1. The lowest BCUT2D eigenvalue weighted by molar-refractivity contribution is -0.544. The number of hydrogen-bond acceptors (Lipinski definition) is 6. The first-order valence-corrected chi connectivity index (χ1v) is 13.0. The summed E-state index contributed by atoms with van der Waals surface area (Å²) < 4.78 is 4.46. The lowest BCUT2D eigenvalue weighted by atomic mass is 10.1. The molecule has 174 valence electrons. The molecule has 5 rings (SSSR count). The van der Waals surface area contributed by atoms with Crippen LogP contribution < -0.4 is 0 Å². The molecule has 3 aliphatic heterocycles. The number of carbonyl (C=O) groups is 2. The van der Waals surface area contributed by atoms with E-state index in [9.17, 15) is 9.59 Å². The third kappa shape index (κ3) is 4.02. The van der Waals surface area contributed by atoms with E-state index in [1.54, 1.807) is 37.2 Å². The Morgan fingerprint density at radius 1 is 1.15 bits per heavy atom. The summed E-state index contributed by atoms with van der Waals surface area (Å²) in [6.45, 7) is 7.49. The van der Waals surface area contributed by atoms with Crippen LogP contribution in [0.2, 0.25) is 0 Å². The number of rotatable bonds is 5. The second kappa shape index (κ2) is 9.03. The number of urea groups is 1. The minimum absolute atomic E-state index is 0.218. The van der Waals surface area contributed by atoms with Crippen LogP contribution in [0.15, 0.2) is 33.6 Å². The van der Waals surface area contributed by atoms with Gasteiger partial charge < -0.3 is 0 Å². The Balaban J connectivity index is 1.39. The summed E-state index contributed by atoms with van der Waals surface area (Å²) in [7, 11) is 3.24. The van der Waals surface area contributed by atoms with Gasteiger partial charge in [0.05, 0.1) is 29.9 Å². The summed E-state index contributed by atoms with van der Waals surface area (Å²) in [5.74, 6) is 1.88. The molecule has 1 atom stereocenters. The molecule has 11 heteroatoms. The van der Waals surface area contributed by atoms with Crippen molar-refractivity contribution in [1.82, 2.24) is 24.6 Å². The van der Waals surface area contributed by atoms with Gasteiger partial charge in [-0.15, -0.1) is 11.3 Å². The highest BCUT2D eigenvalue weighted by molar-refractivity contribution is 8.01. The van der Waals surface area contributed by atoms with Crippen LogP contribution in [0.3, 0.4) is 0 Å². The molecule has 1 unspecified atom stereocenters. The van der Waals surface area contributed by atoms with E-state index >= 15 is 0 Å². The second-order valence-corrected chi connectivity index (χ2v) is 10.7. The fourth-order valence-corrected chi connectivity index (χ4v) is 6.55. The zero-order chi connectivity index (χ0) is 23.1. The Morgan fingerprint density at radius 2 is 1.91 bits per heavy atom. The monoisotopic (exact) mass is 486 g/mol. The standard InChI is InChI=1S/C22H28N7O2S2/c1-4-27-9-11-28(12-10-27)20-24-18-17(19(30)26(3)22(31)25(18)2)29(20)13-14-32-21-23-15-7-5-6-8-16(15)33-21/h5-8,17H,4,9-14H2,1-3H3/q+1. The van der Waals surface area contributed by atoms with E-state index < -0.39 is 6.04 Å². The number of hydrogen-bond donors (Lipinski definition) is 0. The molecule has 2 saturated heterocycles. The molecule has 0 aliphatic carbocycles. The zero-order valence-electron chi connectivity index (χ0n) is 19.1. The number of amides is 3. The molecule has 2 fully saturated rings. The SMILES string of the molecule is CCN1CC[N+](=C2N=C3C(C(=O)N(C)C(=O)N3C)N2CCSc2nc3ccccc3s2)CC1. The van der Waals surface area contributed by atoms with E-state index in [1.807, 2.05) is 18.2 Å². The predicted molar refractivity (Wildman–Crippen MR) is 131 cm³/mol. The molecule has 0 bridgehead atoms. The number of likely N-dealkylation sites (N-methyl/N-ethyl adjacent to an activating group) is 3. The number of carbonyl (C=O) groups excluding carboxylic acids is 2. The molecule has 3 aliphatic rings. The molecule has 33 heavy (non-hydrogen) atoms. The van der Waals surface area contributed by atoms with E-state index in [1.165, 1.54) is 14.5 Å². The number of amidine groups is 1. The van der Waals surface area contributed by atoms with Gasteiger partial charge in [-0.05, 0) is 18.7 Å².